The molecule has 1 aromatic carbocycles. The standard InChI is InChI=1S/C25H22N6O3S2/c26-25-28-18-4-3-14(10-19(18)36-25)11-27-23(33)17-2-1-7-31-21(24(34)30-8-5-16(32)12-30)20(29-22(17)31)15-6-9-35-13-15/h1-4,6-7,9-10,13,16,32H,5,8,11-12H2,(H2,26,28)(H,27,33)/t16-/m1/s1. The summed E-state index contributed by atoms with van der Waals surface area (Å²) < 4.78 is 2.64. The van der Waals surface area contributed by atoms with E-state index in [0.717, 1.165) is 21.3 Å². The Balaban J connectivity index is 1.34. The number of hydrogen-bond donors (Lipinski definition) is 3. The maximum atomic E-state index is 13.5. The number of carbonyl (C=O) groups is 2. The number of aliphatic hydroxyl groups excluding tert-OH is 1. The van der Waals surface area contributed by atoms with E-state index in [1.807, 2.05) is 35.0 Å². The second kappa shape index (κ2) is 9.01. The molecule has 1 aliphatic rings. The molecule has 5 heterocycles. The number of rotatable bonds is 5. The van der Waals surface area contributed by atoms with E-state index in [0.29, 0.717) is 47.2 Å². The fourth-order valence-corrected chi connectivity index (χ4v) is 5.94. The van der Waals surface area contributed by atoms with E-state index in [4.69, 9.17) is 10.7 Å². The minimum Gasteiger partial charge on any atom is -0.391 e. The number of pyridine rings is 1. The number of anilines is 1. The fraction of sp³-hybridized carbons (Fsp3) is 0.200. The Morgan fingerprint density at radius 1 is 1.22 bits per heavy atom. The number of β-amino-alcohol motifs (C(OH)–C–C–N with tert-alkyl or cyclic N) is 1. The van der Waals surface area contributed by atoms with Crippen LogP contribution in [0.25, 0.3) is 27.1 Å². The molecule has 4 N–H and O–H groups in total. The van der Waals surface area contributed by atoms with Gasteiger partial charge in [0.05, 0.1) is 21.9 Å². The van der Waals surface area contributed by atoms with Crippen LogP contribution >= 0.6 is 22.7 Å². The Labute approximate surface area is 213 Å². The van der Waals surface area contributed by atoms with Crippen molar-refractivity contribution in [1.82, 2.24) is 24.6 Å². The van der Waals surface area contributed by atoms with Crippen molar-refractivity contribution >= 4 is 55.5 Å². The van der Waals surface area contributed by atoms with Gasteiger partial charge in [0.1, 0.15) is 11.4 Å². The highest BCUT2D eigenvalue weighted by Crippen LogP contribution is 2.30. The number of aliphatic hydroxyl groups is 1. The highest BCUT2D eigenvalue weighted by molar-refractivity contribution is 7.22. The van der Waals surface area contributed by atoms with Crippen molar-refractivity contribution < 1.29 is 14.7 Å². The molecule has 6 rings (SSSR count). The predicted octanol–water partition coefficient (Wildman–Crippen LogP) is 3.39. The number of thiazole rings is 1. The molecule has 1 aliphatic heterocycles. The minimum absolute atomic E-state index is 0.213. The Bertz CT molecular complexity index is 1610. The molecule has 1 fully saturated rings. The van der Waals surface area contributed by atoms with Gasteiger partial charge in [-0.2, -0.15) is 11.3 Å². The lowest BCUT2D eigenvalue weighted by molar-refractivity contribution is 0.0758. The Hall–Kier alpha value is -3.80. The topological polar surface area (TPSA) is 126 Å². The smallest absolute Gasteiger partial charge is 0.273 e. The van der Waals surface area contributed by atoms with Crippen LogP contribution in [0, 0.1) is 0 Å². The number of aromatic nitrogens is 3. The zero-order valence-electron chi connectivity index (χ0n) is 19.0. The van der Waals surface area contributed by atoms with Crippen molar-refractivity contribution in [3.05, 3.63) is 70.2 Å². The molecule has 0 unspecified atom stereocenters. The van der Waals surface area contributed by atoms with E-state index in [-0.39, 0.29) is 18.4 Å². The predicted molar refractivity (Wildman–Crippen MR) is 140 cm³/mol. The van der Waals surface area contributed by atoms with E-state index in [1.165, 1.54) is 22.7 Å². The van der Waals surface area contributed by atoms with Crippen LogP contribution in [0.5, 0.6) is 0 Å². The number of hydrogen-bond acceptors (Lipinski definition) is 8. The molecule has 4 aromatic heterocycles. The summed E-state index contributed by atoms with van der Waals surface area (Å²) in [5.41, 5.74) is 10.1. The maximum Gasteiger partial charge on any atom is 0.273 e. The number of carbonyl (C=O) groups excluding carboxylic acids is 2. The van der Waals surface area contributed by atoms with Crippen LogP contribution in [-0.2, 0) is 6.54 Å². The zero-order valence-corrected chi connectivity index (χ0v) is 20.7. The number of likely N-dealkylation sites (tertiary alicyclic amines) is 1. The Morgan fingerprint density at radius 2 is 2.11 bits per heavy atom. The van der Waals surface area contributed by atoms with Crippen LogP contribution in [0.1, 0.15) is 32.8 Å². The third kappa shape index (κ3) is 4.00. The van der Waals surface area contributed by atoms with E-state index in [1.54, 1.807) is 27.6 Å². The molecule has 0 radical (unpaired) electrons. The molecule has 2 amide bonds. The van der Waals surface area contributed by atoms with Gasteiger partial charge in [-0.15, -0.1) is 0 Å². The molecule has 0 spiro atoms. The average Bonchev–Trinajstić information content (AvgIpc) is 3.66. The Kier molecular flexibility index (Phi) is 5.67. The zero-order chi connectivity index (χ0) is 24.8. The highest BCUT2D eigenvalue weighted by Gasteiger charge is 2.31. The number of thiophene rings is 1. The lowest BCUT2D eigenvalue weighted by Gasteiger charge is -2.16. The van der Waals surface area contributed by atoms with Crippen LogP contribution in [0.3, 0.4) is 0 Å². The van der Waals surface area contributed by atoms with Gasteiger partial charge in [-0.3, -0.25) is 14.0 Å². The van der Waals surface area contributed by atoms with Gasteiger partial charge in [-0.25, -0.2) is 9.97 Å². The number of benzene rings is 1. The summed E-state index contributed by atoms with van der Waals surface area (Å²) in [6, 6.07) is 11.1. The molecule has 182 valence electrons. The van der Waals surface area contributed by atoms with E-state index in [2.05, 4.69) is 10.3 Å². The second-order valence-corrected chi connectivity index (χ2v) is 10.5. The van der Waals surface area contributed by atoms with Gasteiger partial charge < -0.3 is 21.1 Å². The number of imidazole rings is 1. The molecule has 5 aromatic rings. The number of nitrogens with zero attached hydrogens (tertiary/aromatic N) is 4. The summed E-state index contributed by atoms with van der Waals surface area (Å²) in [7, 11) is 0. The monoisotopic (exact) mass is 518 g/mol. The number of nitrogens with two attached hydrogens (primary N) is 1. The largest absolute Gasteiger partial charge is 0.391 e. The average molecular weight is 519 g/mol. The van der Waals surface area contributed by atoms with Crippen molar-refractivity contribution in [2.45, 2.75) is 19.1 Å². The van der Waals surface area contributed by atoms with Gasteiger partial charge in [-0.1, -0.05) is 17.4 Å². The first-order chi connectivity index (χ1) is 17.5. The van der Waals surface area contributed by atoms with Gasteiger partial charge in [0.15, 0.2) is 10.8 Å². The molecule has 9 nitrogen and oxygen atoms in total. The molecule has 11 heteroatoms. The highest BCUT2D eigenvalue weighted by atomic mass is 32.1. The molecule has 0 bridgehead atoms. The van der Waals surface area contributed by atoms with Crippen molar-refractivity contribution in [2.24, 2.45) is 0 Å². The first kappa shape index (κ1) is 22.7. The summed E-state index contributed by atoms with van der Waals surface area (Å²) in [5, 5.41) is 17.3. The van der Waals surface area contributed by atoms with E-state index < -0.39 is 6.10 Å². The molecule has 36 heavy (non-hydrogen) atoms. The summed E-state index contributed by atoms with van der Waals surface area (Å²) in [6.45, 7) is 1.08. The number of amides is 2. The first-order valence-corrected chi connectivity index (χ1v) is 13.2. The minimum atomic E-state index is -0.528. The summed E-state index contributed by atoms with van der Waals surface area (Å²) in [5.74, 6) is -0.503. The van der Waals surface area contributed by atoms with E-state index in [9.17, 15) is 14.7 Å². The van der Waals surface area contributed by atoms with Gasteiger partial charge in [0, 0.05) is 36.8 Å². The van der Waals surface area contributed by atoms with Crippen molar-refractivity contribution in [2.75, 3.05) is 18.8 Å². The van der Waals surface area contributed by atoms with Crippen LogP contribution in [0.2, 0.25) is 0 Å². The SMILES string of the molecule is Nc1nc2ccc(CNC(=O)c3cccn4c(C(=O)N5CC[C@@H](O)C5)c(-c5ccsc5)nc34)cc2s1. The van der Waals surface area contributed by atoms with Crippen LogP contribution < -0.4 is 11.1 Å². The van der Waals surface area contributed by atoms with Crippen molar-refractivity contribution in [3.8, 4) is 11.3 Å². The second-order valence-electron chi connectivity index (χ2n) is 8.67. The van der Waals surface area contributed by atoms with E-state index >= 15 is 0 Å². The van der Waals surface area contributed by atoms with Crippen molar-refractivity contribution in [1.29, 1.82) is 0 Å². The molecule has 0 aliphatic carbocycles. The fourth-order valence-electron chi connectivity index (χ4n) is 4.50. The van der Waals surface area contributed by atoms with Crippen LogP contribution in [0.4, 0.5) is 5.13 Å². The van der Waals surface area contributed by atoms with Crippen LogP contribution in [0.15, 0.2) is 53.4 Å². The lowest BCUT2D eigenvalue weighted by Crippen LogP contribution is -2.31. The van der Waals surface area contributed by atoms with Gasteiger partial charge in [0.2, 0.25) is 0 Å². The molecule has 1 saturated heterocycles. The van der Waals surface area contributed by atoms with Crippen molar-refractivity contribution in [3.63, 3.8) is 0 Å². The van der Waals surface area contributed by atoms with Crippen LogP contribution in [-0.4, -0.2) is 55.4 Å². The quantitative estimate of drug-likeness (QED) is 0.327. The first-order valence-electron chi connectivity index (χ1n) is 11.4. The summed E-state index contributed by atoms with van der Waals surface area (Å²) in [6.07, 6.45) is 1.76. The van der Waals surface area contributed by atoms with Gasteiger partial charge >= 0.3 is 0 Å². The maximum absolute atomic E-state index is 13.5. The number of fused-ring (bicyclic) bond motifs is 2. The number of nitrogens with one attached hydrogen (secondary N) is 1. The third-order valence-corrected chi connectivity index (χ3v) is 7.80. The molecule has 0 saturated carbocycles. The Morgan fingerprint density at radius 3 is 2.89 bits per heavy atom. The molecule has 1 atom stereocenters. The summed E-state index contributed by atoms with van der Waals surface area (Å²) >= 11 is 2.92. The third-order valence-electron chi connectivity index (χ3n) is 6.26. The molecular weight excluding hydrogens is 496 g/mol. The lowest BCUT2D eigenvalue weighted by atomic mass is 10.2. The molecular formula is C25H22N6O3S2. The number of nitrogen functional groups attached to an aromatic ring is 1. The normalized spacial score (nSPS) is 15.7. The summed E-state index contributed by atoms with van der Waals surface area (Å²) in [4.78, 5) is 37.4. The van der Waals surface area contributed by atoms with Gasteiger partial charge in [0.25, 0.3) is 11.8 Å². The van der Waals surface area contributed by atoms with Gasteiger partial charge in [-0.05, 0) is 47.7 Å².